The standard InChI is InChI=1S/C26H34N4O2/c1-4-6-19(5-2)18(3)27-26(31)21-9-12-24-23(17-21)25(29-28-24)20-7-10-22(11-8-20)30-13-15-32-16-14-30/h7-12,17-19H,4-6,13-16H2,1-3H3,(H,27,31)(H,28,29). The number of H-pyrrole nitrogens is 1. The second-order valence-corrected chi connectivity index (χ2v) is 8.70. The van der Waals surface area contributed by atoms with Crippen LogP contribution in [0, 0.1) is 5.92 Å². The highest BCUT2D eigenvalue weighted by Crippen LogP contribution is 2.29. The molecule has 6 nitrogen and oxygen atoms in total. The van der Waals surface area contributed by atoms with Crippen LogP contribution in [-0.2, 0) is 4.74 Å². The Morgan fingerprint density at radius 3 is 2.59 bits per heavy atom. The topological polar surface area (TPSA) is 70.2 Å². The molecular formula is C26H34N4O2. The summed E-state index contributed by atoms with van der Waals surface area (Å²) >= 11 is 0. The molecule has 0 radical (unpaired) electrons. The van der Waals surface area contributed by atoms with E-state index in [1.54, 1.807) is 0 Å². The normalized spacial score (nSPS) is 16.2. The second kappa shape index (κ2) is 10.2. The van der Waals surface area contributed by atoms with Gasteiger partial charge in [-0.2, -0.15) is 5.10 Å². The minimum absolute atomic E-state index is 0.0243. The van der Waals surface area contributed by atoms with E-state index in [0.29, 0.717) is 11.5 Å². The largest absolute Gasteiger partial charge is 0.378 e. The molecule has 2 aromatic carbocycles. The monoisotopic (exact) mass is 434 g/mol. The molecule has 32 heavy (non-hydrogen) atoms. The Morgan fingerprint density at radius 1 is 1.16 bits per heavy atom. The zero-order valence-electron chi connectivity index (χ0n) is 19.4. The molecule has 3 aromatic rings. The lowest BCUT2D eigenvalue weighted by Crippen LogP contribution is -2.37. The number of hydrogen-bond acceptors (Lipinski definition) is 4. The van der Waals surface area contributed by atoms with Crippen molar-refractivity contribution >= 4 is 22.5 Å². The fourth-order valence-corrected chi connectivity index (χ4v) is 4.61. The maximum atomic E-state index is 13.0. The molecule has 2 atom stereocenters. The van der Waals surface area contributed by atoms with Crippen LogP contribution in [0.1, 0.15) is 50.4 Å². The van der Waals surface area contributed by atoms with E-state index in [4.69, 9.17) is 4.74 Å². The number of carbonyl (C=O) groups is 1. The van der Waals surface area contributed by atoms with Gasteiger partial charge < -0.3 is 15.0 Å². The summed E-state index contributed by atoms with van der Waals surface area (Å²) in [6.45, 7) is 9.87. The summed E-state index contributed by atoms with van der Waals surface area (Å²) < 4.78 is 5.45. The number of amides is 1. The summed E-state index contributed by atoms with van der Waals surface area (Å²) in [6, 6.07) is 14.4. The highest BCUT2D eigenvalue weighted by atomic mass is 16.5. The SMILES string of the molecule is CCCC(CC)C(C)NC(=O)c1ccc2[nH]nc(-c3ccc(N4CCOCC4)cc3)c2c1. The van der Waals surface area contributed by atoms with Gasteiger partial charge in [0.15, 0.2) is 0 Å². The number of nitrogens with zero attached hydrogens (tertiary/aromatic N) is 2. The number of anilines is 1. The van der Waals surface area contributed by atoms with E-state index in [1.807, 2.05) is 18.2 Å². The third kappa shape index (κ3) is 4.80. The van der Waals surface area contributed by atoms with Gasteiger partial charge in [0.05, 0.1) is 24.4 Å². The molecule has 0 saturated carbocycles. The van der Waals surface area contributed by atoms with Gasteiger partial charge in [0.2, 0.25) is 0 Å². The van der Waals surface area contributed by atoms with E-state index < -0.39 is 0 Å². The molecule has 1 aliphatic heterocycles. The number of nitrogens with one attached hydrogen (secondary N) is 2. The minimum atomic E-state index is -0.0243. The van der Waals surface area contributed by atoms with Gasteiger partial charge >= 0.3 is 0 Å². The third-order valence-corrected chi connectivity index (χ3v) is 6.59. The minimum Gasteiger partial charge on any atom is -0.378 e. The molecule has 0 spiro atoms. The zero-order valence-corrected chi connectivity index (χ0v) is 19.4. The first-order valence-electron chi connectivity index (χ1n) is 11.8. The lowest BCUT2D eigenvalue weighted by molar-refractivity contribution is 0.0924. The maximum Gasteiger partial charge on any atom is 0.251 e. The van der Waals surface area contributed by atoms with Gasteiger partial charge in [-0.1, -0.05) is 38.8 Å². The fourth-order valence-electron chi connectivity index (χ4n) is 4.61. The van der Waals surface area contributed by atoms with Gasteiger partial charge in [-0.3, -0.25) is 9.89 Å². The third-order valence-electron chi connectivity index (χ3n) is 6.59. The number of ether oxygens (including phenoxy) is 1. The highest BCUT2D eigenvalue weighted by Gasteiger charge is 2.19. The lowest BCUT2D eigenvalue weighted by atomic mass is 9.93. The predicted molar refractivity (Wildman–Crippen MR) is 130 cm³/mol. The number of hydrogen-bond donors (Lipinski definition) is 2. The predicted octanol–water partition coefficient (Wildman–Crippen LogP) is 5.01. The van der Waals surface area contributed by atoms with Crippen molar-refractivity contribution in [2.45, 2.75) is 46.1 Å². The molecule has 6 heteroatoms. The molecule has 2 N–H and O–H groups in total. The van der Waals surface area contributed by atoms with Gasteiger partial charge in [-0.25, -0.2) is 0 Å². The van der Waals surface area contributed by atoms with Crippen LogP contribution >= 0.6 is 0 Å². The van der Waals surface area contributed by atoms with Crippen molar-refractivity contribution < 1.29 is 9.53 Å². The zero-order chi connectivity index (χ0) is 22.5. The number of aromatic amines is 1. The summed E-state index contributed by atoms with van der Waals surface area (Å²) in [4.78, 5) is 15.3. The first kappa shape index (κ1) is 22.3. The number of carbonyl (C=O) groups excluding carboxylic acids is 1. The van der Waals surface area contributed by atoms with Crippen molar-refractivity contribution in [1.29, 1.82) is 0 Å². The van der Waals surface area contributed by atoms with Crippen molar-refractivity contribution in [3.05, 3.63) is 48.0 Å². The molecule has 0 bridgehead atoms. The van der Waals surface area contributed by atoms with Gasteiger partial charge in [-0.05, 0) is 49.6 Å². The summed E-state index contributed by atoms with van der Waals surface area (Å²) in [6.07, 6.45) is 3.33. The van der Waals surface area contributed by atoms with Crippen LogP contribution in [0.3, 0.4) is 0 Å². The molecule has 1 amide bonds. The Bertz CT molecular complexity index is 1040. The number of rotatable bonds is 8. The van der Waals surface area contributed by atoms with Gasteiger partial charge in [0.25, 0.3) is 5.91 Å². The van der Waals surface area contributed by atoms with Crippen molar-refractivity contribution in [3.63, 3.8) is 0 Å². The van der Waals surface area contributed by atoms with Crippen molar-refractivity contribution in [1.82, 2.24) is 15.5 Å². The fraction of sp³-hybridized carbons (Fsp3) is 0.462. The Morgan fingerprint density at radius 2 is 1.91 bits per heavy atom. The summed E-state index contributed by atoms with van der Waals surface area (Å²) in [5.41, 5.74) is 4.70. The van der Waals surface area contributed by atoms with Crippen LogP contribution in [0.5, 0.6) is 0 Å². The second-order valence-electron chi connectivity index (χ2n) is 8.70. The highest BCUT2D eigenvalue weighted by molar-refractivity contribution is 6.01. The van der Waals surface area contributed by atoms with Crippen molar-refractivity contribution in [2.75, 3.05) is 31.2 Å². The van der Waals surface area contributed by atoms with Gasteiger partial charge in [0, 0.05) is 41.3 Å². The van der Waals surface area contributed by atoms with E-state index in [0.717, 1.165) is 67.7 Å². The molecule has 2 unspecified atom stereocenters. The van der Waals surface area contributed by atoms with Gasteiger partial charge in [-0.15, -0.1) is 0 Å². The van der Waals surface area contributed by atoms with Crippen LogP contribution < -0.4 is 10.2 Å². The Kier molecular flexibility index (Phi) is 7.10. The quantitative estimate of drug-likeness (QED) is 0.523. The molecule has 1 aliphatic rings. The lowest BCUT2D eigenvalue weighted by Gasteiger charge is -2.28. The number of benzene rings is 2. The number of fused-ring (bicyclic) bond motifs is 1. The summed E-state index contributed by atoms with van der Waals surface area (Å²) in [5.74, 6) is 0.478. The van der Waals surface area contributed by atoms with Crippen molar-refractivity contribution in [3.8, 4) is 11.3 Å². The van der Waals surface area contributed by atoms with Gasteiger partial charge in [0.1, 0.15) is 0 Å². The van der Waals surface area contributed by atoms with Crippen LogP contribution in [0.2, 0.25) is 0 Å². The summed E-state index contributed by atoms with van der Waals surface area (Å²) in [5, 5.41) is 11.8. The molecular weight excluding hydrogens is 400 g/mol. The maximum absolute atomic E-state index is 13.0. The Labute approximate surface area is 190 Å². The molecule has 1 saturated heterocycles. The molecule has 0 aliphatic carbocycles. The first-order valence-corrected chi connectivity index (χ1v) is 11.8. The molecule has 1 aromatic heterocycles. The summed E-state index contributed by atoms with van der Waals surface area (Å²) in [7, 11) is 0. The number of morpholine rings is 1. The molecule has 2 heterocycles. The van der Waals surface area contributed by atoms with Crippen LogP contribution in [-0.4, -0.2) is 48.4 Å². The number of aromatic nitrogens is 2. The van der Waals surface area contributed by atoms with Crippen molar-refractivity contribution in [2.24, 2.45) is 5.92 Å². The molecule has 170 valence electrons. The average Bonchev–Trinajstić information content (AvgIpc) is 3.26. The van der Waals surface area contributed by atoms with Crippen LogP contribution in [0.15, 0.2) is 42.5 Å². The Hall–Kier alpha value is -2.86. The Balaban J connectivity index is 1.54. The van der Waals surface area contributed by atoms with E-state index in [2.05, 4.69) is 65.5 Å². The average molecular weight is 435 g/mol. The molecule has 4 rings (SSSR count). The van der Waals surface area contributed by atoms with Crippen LogP contribution in [0.25, 0.3) is 22.2 Å². The van der Waals surface area contributed by atoms with E-state index in [-0.39, 0.29) is 11.9 Å². The van der Waals surface area contributed by atoms with Crippen LogP contribution in [0.4, 0.5) is 5.69 Å². The van der Waals surface area contributed by atoms with E-state index in [1.165, 1.54) is 5.69 Å². The van der Waals surface area contributed by atoms with E-state index >= 15 is 0 Å². The first-order chi connectivity index (χ1) is 15.6. The smallest absolute Gasteiger partial charge is 0.251 e. The molecule has 1 fully saturated rings. The van der Waals surface area contributed by atoms with E-state index in [9.17, 15) is 4.79 Å².